The molecule has 2 aromatic rings. The van der Waals surface area contributed by atoms with Gasteiger partial charge in [0.05, 0.1) is 0 Å². The van der Waals surface area contributed by atoms with E-state index in [1.165, 1.54) is 6.42 Å². The number of pyridine rings is 1. The van der Waals surface area contributed by atoms with Gasteiger partial charge in [0.2, 0.25) is 5.91 Å². The van der Waals surface area contributed by atoms with Crippen molar-refractivity contribution in [3.8, 4) is 5.75 Å². The Morgan fingerprint density at radius 3 is 2.71 bits per heavy atom. The van der Waals surface area contributed by atoms with Gasteiger partial charge in [-0.2, -0.15) is 0 Å². The third kappa shape index (κ3) is 4.88. The molecule has 0 radical (unpaired) electrons. The van der Waals surface area contributed by atoms with Crippen LogP contribution in [0.1, 0.15) is 66.9 Å². The Hall–Kier alpha value is -2.93. The minimum atomic E-state index is -0.505. The van der Waals surface area contributed by atoms with Gasteiger partial charge in [0.1, 0.15) is 17.7 Å². The third-order valence-electron chi connectivity index (χ3n) is 6.53. The smallest absolute Gasteiger partial charge is 0.274 e. The number of aromatic nitrogens is 1. The van der Waals surface area contributed by atoms with Gasteiger partial charge in [0, 0.05) is 29.7 Å². The molecule has 1 fully saturated rings. The van der Waals surface area contributed by atoms with E-state index in [0.717, 1.165) is 56.1 Å². The summed E-state index contributed by atoms with van der Waals surface area (Å²) >= 11 is 0. The van der Waals surface area contributed by atoms with Gasteiger partial charge in [-0.1, -0.05) is 32.3 Å². The first-order chi connectivity index (χ1) is 15.0. The van der Waals surface area contributed by atoms with E-state index in [9.17, 15) is 9.59 Å². The maximum Gasteiger partial charge on any atom is 0.274 e. The molecule has 0 spiro atoms. The molecular weight excluding hydrogens is 394 g/mol. The maximum absolute atomic E-state index is 12.8. The van der Waals surface area contributed by atoms with Crippen LogP contribution in [0.25, 0.3) is 0 Å². The van der Waals surface area contributed by atoms with Crippen LogP contribution < -0.4 is 15.5 Å². The van der Waals surface area contributed by atoms with E-state index < -0.39 is 5.91 Å². The van der Waals surface area contributed by atoms with Gasteiger partial charge in [-0.3, -0.25) is 14.8 Å². The van der Waals surface area contributed by atoms with E-state index in [1.807, 2.05) is 25.1 Å². The fourth-order valence-corrected chi connectivity index (χ4v) is 4.60. The number of nitrogens with zero attached hydrogens (tertiary/aromatic N) is 1. The number of hydrogen-bond acceptors (Lipinski definition) is 5. The van der Waals surface area contributed by atoms with Crippen molar-refractivity contribution in [2.24, 2.45) is 5.41 Å². The zero-order valence-electron chi connectivity index (χ0n) is 17.8. The van der Waals surface area contributed by atoms with Crippen LogP contribution >= 0.6 is 0 Å². The van der Waals surface area contributed by atoms with Crippen molar-refractivity contribution in [3.05, 3.63) is 53.2 Å². The van der Waals surface area contributed by atoms with Crippen LogP contribution in [0.5, 0.6) is 5.75 Å². The summed E-state index contributed by atoms with van der Waals surface area (Å²) < 4.78 is 6.19. The number of ether oxygens (including phenoxy) is 1. The third-order valence-corrected chi connectivity index (χ3v) is 6.53. The maximum atomic E-state index is 12.8. The molecule has 31 heavy (non-hydrogen) atoms. The first-order valence-corrected chi connectivity index (χ1v) is 11.0. The summed E-state index contributed by atoms with van der Waals surface area (Å²) in [7, 11) is 0. The summed E-state index contributed by atoms with van der Waals surface area (Å²) in [6.07, 6.45) is 9.22. The molecule has 4 rings (SSSR count). The molecule has 164 valence electrons. The van der Waals surface area contributed by atoms with Crippen LogP contribution in [0.2, 0.25) is 0 Å². The first kappa shape index (κ1) is 21.3. The molecule has 2 aliphatic carbocycles. The van der Waals surface area contributed by atoms with Crippen molar-refractivity contribution in [2.45, 2.75) is 64.4 Å². The molecule has 7 nitrogen and oxygen atoms in total. The SMILES string of the molecule is CC1(C(=O)Nc2cc(OC3CCc4cc(C(=O)NO)ccc4C3)ccn2)CCCCC1. The Morgan fingerprint density at radius 2 is 1.94 bits per heavy atom. The number of aryl methyl sites for hydroxylation is 1. The molecule has 7 heteroatoms. The van der Waals surface area contributed by atoms with Crippen LogP contribution in [0.4, 0.5) is 5.82 Å². The van der Waals surface area contributed by atoms with Crippen molar-refractivity contribution >= 4 is 17.6 Å². The number of fused-ring (bicyclic) bond motifs is 1. The summed E-state index contributed by atoms with van der Waals surface area (Å²) in [5.41, 5.74) is 4.03. The lowest BCUT2D eigenvalue weighted by Gasteiger charge is -2.31. The highest BCUT2D eigenvalue weighted by Crippen LogP contribution is 2.37. The van der Waals surface area contributed by atoms with Crippen LogP contribution in [-0.4, -0.2) is 28.1 Å². The topological polar surface area (TPSA) is 101 Å². The lowest BCUT2D eigenvalue weighted by Crippen LogP contribution is -2.35. The number of hydroxylamine groups is 1. The number of benzene rings is 1. The van der Waals surface area contributed by atoms with Gasteiger partial charge in [0.15, 0.2) is 0 Å². The van der Waals surface area contributed by atoms with Crippen molar-refractivity contribution in [1.82, 2.24) is 10.5 Å². The van der Waals surface area contributed by atoms with E-state index >= 15 is 0 Å². The van der Waals surface area contributed by atoms with Crippen molar-refractivity contribution < 1.29 is 19.5 Å². The molecule has 1 saturated carbocycles. The van der Waals surface area contributed by atoms with Crippen LogP contribution in [-0.2, 0) is 17.6 Å². The highest BCUT2D eigenvalue weighted by molar-refractivity contribution is 5.94. The number of rotatable bonds is 5. The zero-order chi connectivity index (χ0) is 21.8. The Kier molecular flexibility index (Phi) is 6.23. The Bertz CT molecular complexity index is 969. The van der Waals surface area contributed by atoms with Crippen LogP contribution in [0.3, 0.4) is 0 Å². The second kappa shape index (κ2) is 9.06. The number of anilines is 1. The lowest BCUT2D eigenvalue weighted by atomic mass is 9.75. The second-order valence-corrected chi connectivity index (χ2v) is 8.86. The lowest BCUT2D eigenvalue weighted by molar-refractivity contribution is -0.126. The number of carbonyl (C=O) groups excluding carboxylic acids is 2. The number of carbonyl (C=O) groups is 2. The minimum Gasteiger partial charge on any atom is -0.490 e. The van der Waals surface area contributed by atoms with E-state index in [-0.39, 0.29) is 17.4 Å². The summed E-state index contributed by atoms with van der Waals surface area (Å²) in [5, 5.41) is 11.8. The van der Waals surface area contributed by atoms with Crippen LogP contribution in [0.15, 0.2) is 36.5 Å². The van der Waals surface area contributed by atoms with Gasteiger partial charge < -0.3 is 10.1 Å². The summed E-state index contributed by atoms with van der Waals surface area (Å²) in [5.74, 6) is 0.731. The molecule has 1 heterocycles. The molecule has 0 bridgehead atoms. The average molecular weight is 424 g/mol. The first-order valence-electron chi connectivity index (χ1n) is 11.0. The number of amides is 2. The van der Waals surface area contributed by atoms with Gasteiger partial charge in [-0.15, -0.1) is 0 Å². The van der Waals surface area contributed by atoms with Gasteiger partial charge in [-0.25, -0.2) is 10.5 Å². The predicted molar refractivity (Wildman–Crippen MR) is 116 cm³/mol. The zero-order valence-corrected chi connectivity index (χ0v) is 17.8. The molecule has 3 N–H and O–H groups in total. The predicted octanol–water partition coefficient (Wildman–Crippen LogP) is 4.05. The Balaban J connectivity index is 1.39. The fourth-order valence-electron chi connectivity index (χ4n) is 4.60. The van der Waals surface area contributed by atoms with E-state index in [1.54, 1.807) is 23.8 Å². The molecular formula is C24H29N3O4. The normalized spacial score (nSPS) is 19.7. The molecule has 2 amide bonds. The van der Waals surface area contributed by atoms with Crippen LogP contribution in [0, 0.1) is 5.41 Å². The monoisotopic (exact) mass is 423 g/mol. The summed E-state index contributed by atoms with van der Waals surface area (Å²) in [6.45, 7) is 2.04. The van der Waals surface area contributed by atoms with Gasteiger partial charge >= 0.3 is 0 Å². The number of nitrogens with one attached hydrogen (secondary N) is 2. The minimum absolute atomic E-state index is 0.00633. The molecule has 0 aliphatic heterocycles. The van der Waals surface area contributed by atoms with E-state index in [0.29, 0.717) is 17.1 Å². The standard InChI is InChI=1S/C24H29N3O4/c1-24(10-3-2-4-11-24)23(29)26-21-15-20(9-12-25-21)31-19-8-7-16-13-18(22(28)27-30)6-5-17(16)14-19/h5-6,9,12-13,15,19,30H,2-4,7-8,10-11,14H2,1H3,(H,27,28)(H,25,26,29). The van der Waals surface area contributed by atoms with Crippen molar-refractivity contribution in [2.75, 3.05) is 5.32 Å². The van der Waals surface area contributed by atoms with E-state index in [2.05, 4.69) is 10.3 Å². The molecule has 1 aromatic heterocycles. The van der Waals surface area contributed by atoms with Gasteiger partial charge in [-0.05, 0) is 55.0 Å². The second-order valence-electron chi connectivity index (χ2n) is 8.86. The quantitative estimate of drug-likeness (QED) is 0.498. The molecule has 1 aromatic carbocycles. The Morgan fingerprint density at radius 1 is 1.13 bits per heavy atom. The molecule has 2 aliphatic rings. The highest BCUT2D eigenvalue weighted by atomic mass is 16.5. The molecule has 0 saturated heterocycles. The largest absolute Gasteiger partial charge is 0.490 e. The fraction of sp³-hybridized carbons (Fsp3) is 0.458. The summed E-state index contributed by atoms with van der Waals surface area (Å²) in [4.78, 5) is 28.7. The average Bonchev–Trinajstić information content (AvgIpc) is 2.79. The molecule has 1 unspecified atom stereocenters. The van der Waals surface area contributed by atoms with Crippen molar-refractivity contribution in [1.29, 1.82) is 0 Å². The van der Waals surface area contributed by atoms with E-state index in [4.69, 9.17) is 9.94 Å². The molecule has 1 atom stereocenters. The Labute approximate surface area is 182 Å². The number of hydrogen-bond donors (Lipinski definition) is 3. The van der Waals surface area contributed by atoms with Crippen molar-refractivity contribution in [3.63, 3.8) is 0 Å². The van der Waals surface area contributed by atoms with Gasteiger partial charge in [0.25, 0.3) is 5.91 Å². The highest BCUT2D eigenvalue weighted by Gasteiger charge is 2.34. The summed E-state index contributed by atoms with van der Waals surface area (Å²) in [6, 6.07) is 9.04.